The van der Waals surface area contributed by atoms with Crippen molar-refractivity contribution >= 4 is 23.0 Å². The molecule has 0 radical (unpaired) electrons. The van der Waals surface area contributed by atoms with Gasteiger partial charge in [-0.15, -0.1) is 0 Å². The lowest BCUT2D eigenvalue weighted by Gasteiger charge is -2.00. The molecule has 0 amide bonds. The number of fused-ring (bicyclic) bond motifs is 1. The summed E-state index contributed by atoms with van der Waals surface area (Å²) >= 11 is 0. The van der Waals surface area contributed by atoms with Crippen molar-refractivity contribution in [2.45, 2.75) is 6.92 Å². The van der Waals surface area contributed by atoms with E-state index in [1.807, 2.05) is 24.4 Å². The molecule has 0 saturated heterocycles. The number of nitrogens with zero attached hydrogens (tertiary/aromatic N) is 1. The summed E-state index contributed by atoms with van der Waals surface area (Å²) in [4.78, 5) is 7.73. The summed E-state index contributed by atoms with van der Waals surface area (Å²) in [6, 6.07) is 12.3. The van der Waals surface area contributed by atoms with Crippen LogP contribution in [0.25, 0.3) is 11.6 Å². The minimum Gasteiger partial charge on any atom is -0.362 e. The Hall–Kier alpha value is -2.09. The van der Waals surface area contributed by atoms with Gasteiger partial charge in [0.05, 0.1) is 5.69 Å². The van der Waals surface area contributed by atoms with Gasteiger partial charge in [0.2, 0.25) is 0 Å². The Labute approximate surface area is 94.4 Å². The number of rotatable bonds is 1. The van der Waals surface area contributed by atoms with Gasteiger partial charge in [0, 0.05) is 28.7 Å². The van der Waals surface area contributed by atoms with Crippen LogP contribution in [0.4, 0.5) is 5.69 Å². The zero-order valence-corrected chi connectivity index (χ0v) is 9.07. The Kier molecular flexibility index (Phi) is 2.00. The normalized spacial score (nSPS) is 16.3. The number of hydrogen-bond donors (Lipinski definition) is 1. The fourth-order valence-electron chi connectivity index (χ4n) is 2.01. The minimum atomic E-state index is 1.07. The van der Waals surface area contributed by atoms with Crippen LogP contribution in [0.5, 0.6) is 0 Å². The van der Waals surface area contributed by atoms with E-state index in [1.165, 1.54) is 11.1 Å². The van der Waals surface area contributed by atoms with Crippen molar-refractivity contribution in [3.05, 3.63) is 53.9 Å². The molecule has 3 rings (SSSR count). The van der Waals surface area contributed by atoms with Gasteiger partial charge in [0.25, 0.3) is 0 Å². The van der Waals surface area contributed by atoms with Gasteiger partial charge in [-0.05, 0) is 31.2 Å². The molecule has 2 nitrogen and oxygen atoms in total. The maximum absolute atomic E-state index is 4.55. The maximum Gasteiger partial charge on any atom is 0.0712 e. The fraction of sp³-hybridized carbons (Fsp3) is 0.0714. The minimum absolute atomic E-state index is 1.07. The van der Waals surface area contributed by atoms with Crippen molar-refractivity contribution < 1.29 is 0 Å². The SMILES string of the molecule is CC1=Nc2ccccc2/C1=C/c1ccc[nH]1. The summed E-state index contributed by atoms with van der Waals surface area (Å²) < 4.78 is 0. The van der Waals surface area contributed by atoms with E-state index in [1.54, 1.807) is 0 Å². The Bertz CT molecular complexity index is 575. The van der Waals surface area contributed by atoms with E-state index in [2.05, 4.69) is 41.2 Å². The number of allylic oxidation sites excluding steroid dienone is 1. The second-order valence-electron chi connectivity index (χ2n) is 3.90. The molecule has 1 aliphatic rings. The Morgan fingerprint density at radius 1 is 1.12 bits per heavy atom. The maximum atomic E-state index is 4.55. The summed E-state index contributed by atoms with van der Waals surface area (Å²) in [5.41, 5.74) is 5.68. The molecular formula is C14H12N2. The van der Waals surface area contributed by atoms with E-state index in [0.717, 1.165) is 17.1 Å². The van der Waals surface area contributed by atoms with Gasteiger partial charge in [-0.25, -0.2) is 0 Å². The van der Waals surface area contributed by atoms with Gasteiger partial charge in [-0.2, -0.15) is 0 Å². The molecular weight excluding hydrogens is 196 g/mol. The fourth-order valence-corrected chi connectivity index (χ4v) is 2.01. The molecule has 1 aromatic carbocycles. The highest BCUT2D eigenvalue weighted by Gasteiger charge is 2.16. The van der Waals surface area contributed by atoms with Crippen LogP contribution in [0.3, 0.4) is 0 Å². The largest absolute Gasteiger partial charge is 0.362 e. The van der Waals surface area contributed by atoms with Crippen LogP contribution < -0.4 is 0 Å². The Balaban J connectivity index is 2.13. The molecule has 0 bridgehead atoms. The van der Waals surface area contributed by atoms with Crippen LogP contribution in [0.2, 0.25) is 0 Å². The molecule has 0 saturated carbocycles. The molecule has 0 spiro atoms. The first kappa shape index (κ1) is 9.16. The predicted octanol–water partition coefficient (Wildman–Crippen LogP) is 3.66. The molecule has 1 aromatic heterocycles. The highest BCUT2D eigenvalue weighted by Crippen LogP contribution is 2.35. The number of para-hydroxylation sites is 1. The van der Waals surface area contributed by atoms with Gasteiger partial charge in [-0.3, -0.25) is 4.99 Å². The number of H-pyrrole nitrogens is 1. The van der Waals surface area contributed by atoms with Crippen molar-refractivity contribution in [1.82, 2.24) is 4.98 Å². The Morgan fingerprint density at radius 2 is 2.00 bits per heavy atom. The standard InChI is InChI=1S/C14H12N2/c1-10-13(9-11-5-4-8-15-11)12-6-2-3-7-14(12)16-10/h2-9,15H,1H3/b13-9+. The van der Waals surface area contributed by atoms with Gasteiger partial charge in [-0.1, -0.05) is 18.2 Å². The van der Waals surface area contributed by atoms with E-state index < -0.39 is 0 Å². The molecule has 2 heteroatoms. The second-order valence-corrected chi connectivity index (χ2v) is 3.90. The van der Waals surface area contributed by atoms with Gasteiger partial charge < -0.3 is 4.98 Å². The third-order valence-corrected chi connectivity index (χ3v) is 2.79. The number of benzene rings is 1. The van der Waals surface area contributed by atoms with Gasteiger partial charge >= 0.3 is 0 Å². The average molecular weight is 208 g/mol. The van der Waals surface area contributed by atoms with Crippen LogP contribution in [-0.4, -0.2) is 10.7 Å². The number of aliphatic imine (C=N–C) groups is 1. The van der Waals surface area contributed by atoms with Gasteiger partial charge in [0.1, 0.15) is 0 Å². The first-order valence-corrected chi connectivity index (χ1v) is 5.35. The Morgan fingerprint density at radius 3 is 2.81 bits per heavy atom. The highest BCUT2D eigenvalue weighted by atomic mass is 14.8. The molecule has 0 aliphatic carbocycles. The van der Waals surface area contributed by atoms with E-state index in [9.17, 15) is 0 Å². The molecule has 1 aliphatic heterocycles. The molecule has 2 heterocycles. The number of aromatic nitrogens is 1. The second kappa shape index (κ2) is 3.49. The zero-order chi connectivity index (χ0) is 11.0. The molecule has 0 atom stereocenters. The van der Waals surface area contributed by atoms with Crippen molar-refractivity contribution in [3.8, 4) is 0 Å². The number of nitrogens with one attached hydrogen (secondary N) is 1. The lowest BCUT2D eigenvalue weighted by molar-refractivity contribution is 1.38. The lowest BCUT2D eigenvalue weighted by atomic mass is 10.0. The zero-order valence-electron chi connectivity index (χ0n) is 9.07. The third-order valence-electron chi connectivity index (χ3n) is 2.79. The topological polar surface area (TPSA) is 28.1 Å². The van der Waals surface area contributed by atoms with Crippen molar-refractivity contribution in [2.75, 3.05) is 0 Å². The van der Waals surface area contributed by atoms with Crippen molar-refractivity contribution in [1.29, 1.82) is 0 Å². The summed E-state index contributed by atoms with van der Waals surface area (Å²) in [5.74, 6) is 0. The summed E-state index contributed by atoms with van der Waals surface area (Å²) in [6.07, 6.45) is 4.07. The van der Waals surface area contributed by atoms with Crippen molar-refractivity contribution in [3.63, 3.8) is 0 Å². The smallest absolute Gasteiger partial charge is 0.0712 e. The predicted molar refractivity (Wildman–Crippen MR) is 67.9 cm³/mol. The molecule has 2 aromatic rings. The van der Waals surface area contributed by atoms with E-state index in [4.69, 9.17) is 0 Å². The number of aromatic amines is 1. The van der Waals surface area contributed by atoms with E-state index >= 15 is 0 Å². The summed E-state index contributed by atoms with van der Waals surface area (Å²) in [7, 11) is 0. The van der Waals surface area contributed by atoms with Crippen molar-refractivity contribution in [2.24, 2.45) is 4.99 Å². The monoisotopic (exact) mass is 208 g/mol. The quantitative estimate of drug-likeness (QED) is 0.740. The first-order chi connectivity index (χ1) is 7.84. The molecule has 1 N–H and O–H groups in total. The van der Waals surface area contributed by atoms with Crippen LogP contribution in [0, 0.1) is 0 Å². The molecule has 0 unspecified atom stereocenters. The third kappa shape index (κ3) is 1.39. The van der Waals surface area contributed by atoms with Gasteiger partial charge in [0.15, 0.2) is 0 Å². The summed E-state index contributed by atoms with van der Waals surface area (Å²) in [5, 5.41) is 0. The highest BCUT2D eigenvalue weighted by molar-refractivity contribution is 6.31. The first-order valence-electron chi connectivity index (χ1n) is 5.35. The van der Waals surface area contributed by atoms with Crippen LogP contribution >= 0.6 is 0 Å². The summed E-state index contributed by atoms with van der Waals surface area (Å²) in [6.45, 7) is 2.05. The number of hydrogen-bond acceptors (Lipinski definition) is 1. The van der Waals surface area contributed by atoms with E-state index in [0.29, 0.717) is 0 Å². The van der Waals surface area contributed by atoms with Crippen LogP contribution in [0.15, 0.2) is 47.6 Å². The van der Waals surface area contributed by atoms with Crippen LogP contribution in [0.1, 0.15) is 18.2 Å². The molecule has 78 valence electrons. The molecule has 16 heavy (non-hydrogen) atoms. The average Bonchev–Trinajstić information content (AvgIpc) is 2.89. The molecule has 0 fully saturated rings. The van der Waals surface area contributed by atoms with Crippen LogP contribution in [-0.2, 0) is 0 Å². The lowest BCUT2D eigenvalue weighted by Crippen LogP contribution is -1.89. The van der Waals surface area contributed by atoms with E-state index in [-0.39, 0.29) is 0 Å².